The van der Waals surface area contributed by atoms with Crippen molar-refractivity contribution in [3.63, 3.8) is 0 Å². The predicted molar refractivity (Wildman–Crippen MR) is 84.8 cm³/mol. The highest BCUT2D eigenvalue weighted by Gasteiger charge is 2.26. The minimum absolute atomic E-state index is 0.279. The van der Waals surface area contributed by atoms with Crippen LogP contribution in [0.3, 0.4) is 0 Å². The first-order valence-corrected chi connectivity index (χ1v) is 7.78. The first-order valence-electron chi connectivity index (χ1n) is 6.21. The Bertz CT molecular complexity index is 615. The molecule has 0 saturated carbocycles. The van der Waals surface area contributed by atoms with Crippen molar-refractivity contribution in [3.05, 3.63) is 49.4 Å². The second kappa shape index (κ2) is 6.41. The molecule has 0 aliphatic heterocycles. The van der Waals surface area contributed by atoms with E-state index in [0.29, 0.717) is 16.6 Å². The molecular weight excluding hydrogens is 315 g/mol. The van der Waals surface area contributed by atoms with E-state index in [-0.39, 0.29) is 5.92 Å². The summed E-state index contributed by atoms with van der Waals surface area (Å²) < 4.78 is 0. The fourth-order valence-corrected chi connectivity index (χ4v) is 3.76. The van der Waals surface area contributed by atoms with Crippen molar-refractivity contribution in [1.82, 2.24) is 4.98 Å². The van der Waals surface area contributed by atoms with E-state index in [1.165, 1.54) is 11.3 Å². The molecule has 0 radical (unpaired) electrons. The number of hydrogen-bond donors (Lipinski definition) is 2. The molecule has 0 saturated heterocycles. The average molecular weight is 331 g/mol. The van der Waals surface area contributed by atoms with Crippen LogP contribution in [0.25, 0.3) is 0 Å². The van der Waals surface area contributed by atoms with Crippen molar-refractivity contribution in [2.24, 2.45) is 5.73 Å². The molecule has 0 amide bonds. The van der Waals surface area contributed by atoms with Gasteiger partial charge in [0.05, 0.1) is 21.7 Å². The third-order valence-corrected chi connectivity index (χ3v) is 4.91. The monoisotopic (exact) mass is 330 g/mol. The third kappa shape index (κ3) is 3.15. The number of rotatable bonds is 4. The van der Waals surface area contributed by atoms with E-state index in [0.717, 1.165) is 21.1 Å². The zero-order valence-corrected chi connectivity index (χ0v) is 13.6. The molecule has 3 N–H and O–H groups in total. The van der Waals surface area contributed by atoms with Gasteiger partial charge in [-0.3, -0.25) is 0 Å². The highest BCUT2D eigenvalue weighted by atomic mass is 35.5. The van der Waals surface area contributed by atoms with Crippen LogP contribution < -0.4 is 5.73 Å². The lowest BCUT2D eigenvalue weighted by atomic mass is 9.92. The lowest BCUT2D eigenvalue weighted by Gasteiger charge is -2.22. The molecule has 20 heavy (non-hydrogen) atoms. The van der Waals surface area contributed by atoms with Crippen molar-refractivity contribution in [3.8, 4) is 0 Å². The van der Waals surface area contributed by atoms with Gasteiger partial charge in [0.25, 0.3) is 0 Å². The van der Waals surface area contributed by atoms with Crippen LogP contribution in [0.2, 0.25) is 10.0 Å². The molecule has 1 aromatic heterocycles. The molecule has 2 rings (SSSR count). The van der Waals surface area contributed by atoms with Gasteiger partial charge in [-0.15, -0.1) is 11.3 Å². The average Bonchev–Trinajstić information content (AvgIpc) is 2.71. The minimum atomic E-state index is -0.718. The Morgan fingerprint density at radius 1 is 1.35 bits per heavy atom. The fourth-order valence-electron chi connectivity index (χ4n) is 2.23. The summed E-state index contributed by atoms with van der Waals surface area (Å²) in [6, 6.07) is 5.23. The molecule has 0 fully saturated rings. The van der Waals surface area contributed by atoms with Crippen LogP contribution in [-0.4, -0.2) is 16.6 Å². The first kappa shape index (κ1) is 15.7. The second-order valence-corrected chi connectivity index (χ2v) is 6.71. The normalized spacial score (nSPS) is 14.3. The number of benzene rings is 1. The van der Waals surface area contributed by atoms with E-state index < -0.39 is 6.10 Å². The van der Waals surface area contributed by atoms with E-state index in [4.69, 9.17) is 28.9 Å². The molecule has 3 nitrogen and oxygen atoms in total. The van der Waals surface area contributed by atoms with Crippen LogP contribution in [0.1, 0.15) is 33.2 Å². The number of aliphatic hydroxyl groups is 1. The van der Waals surface area contributed by atoms with Crippen molar-refractivity contribution >= 4 is 34.5 Å². The standard InChI is InChI=1S/C14H16Cl2N2OS/c1-7-14(20-8(2)18-7)13(19)11(6-17)10-4-3-9(15)5-12(10)16/h3-5,11,13,19H,6,17H2,1-2H3. The third-order valence-electron chi connectivity index (χ3n) is 3.21. The van der Waals surface area contributed by atoms with Gasteiger partial charge in [-0.2, -0.15) is 0 Å². The molecule has 2 aromatic rings. The van der Waals surface area contributed by atoms with Gasteiger partial charge in [0.1, 0.15) is 0 Å². The summed E-state index contributed by atoms with van der Waals surface area (Å²) in [7, 11) is 0. The summed E-state index contributed by atoms with van der Waals surface area (Å²) in [5.74, 6) is -0.279. The molecule has 0 spiro atoms. The van der Waals surface area contributed by atoms with E-state index in [9.17, 15) is 5.11 Å². The Labute approximate surface area is 132 Å². The SMILES string of the molecule is Cc1nc(C)c(C(O)C(CN)c2ccc(Cl)cc2Cl)s1. The maximum Gasteiger partial charge on any atom is 0.0981 e. The van der Waals surface area contributed by atoms with E-state index in [2.05, 4.69) is 4.98 Å². The van der Waals surface area contributed by atoms with E-state index in [1.807, 2.05) is 19.9 Å². The van der Waals surface area contributed by atoms with Gasteiger partial charge in [0.2, 0.25) is 0 Å². The molecule has 0 aliphatic carbocycles. The Kier molecular flexibility index (Phi) is 5.04. The van der Waals surface area contributed by atoms with Gasteiger partial charge in [-0.05, 0) is 31.5 Å². The minimum Gasteiger partial charge on any atom is -0.387 e. The van der Waals surface area contributed by atoms with Crippen LogP contribution in [0, 0.1) is 13.8 Å². The number of nitrogens with zero attached hydrogens (tertiary/aromatic N) is 1. The molecule has 108 valence electrons. The van der Waals surface area contributed by atoms with Gasteiger partial charge in [0.15, 0.2) is 0 Å². The molecule has 6 heteroatoms. The zero-order valence-electron chi connectivity index (χ0n) is 11.2. The van der Waals surface area contributed by atoms with Crippen LogP contribution in [-0.2, 0) is 0 Å². The number of halogens is 2. The van der Waals surface area contributed by atoms with Gasteiger partial charge in [-0.1, -0.05) is 29.3 Å². The molecule has 2 unspecified atom stereocenters. The number of nitrogens with two attached hydrogens (primary N) is 1. The Hall–Kier alpha value is -0.650. The number of aliphatic hydroxyl groups excluding tert-OH is 1. The highest BCUT2D eigenvalue weighted by Crippen LogP contribution is 2.38. The quantitative estimate of drug-likeness (QED) is 0.895. The van der Waals surface area contributed by atoms with Gasteiger partial charge < -0.3 is 10.8 Å². The maximum atomic E-state index is 10.6. The number of hydrogen-bond acceptors (Lipinski definition) is 4. The zero-order chi connectivity index (χ0) is 14.9. The smallest absolute Gasteiger partial charge is 0.0981 e. The Balaban J connectivity index is 2.39. The summed E-state index contributed by atoms with van der Waals surface area (Å²) in [5, 5.41) is 12.6. The predicted octanol–water partition coefficient (Wildman–Crippen LogP) is 3.84. The highest BCUT2D eigenvalue weighted by molar-refractivity contribution is 7.11. The summed E-state index contributed by atoms with van der Waals surface area (Å²) in [6.45, 7) is 4.10. The molecular formula is C14H16Cl2N2OS. The van der Waals surface area contributed by atoms with Crippen LogP contribution in [0.4, 0.5) is 0 Å². The van der Waals surface area contributed by atoms with Crippen molar-refractivity contribution in [2.75, 3.05) is 6.54 Å². The first-order chi connectivity index (χ1) is 9.43. The molecule has 1 aromatic carbocycles. The lowest BCUT2D eigenvalue weighted by molar-refractivity contribution is 0.150. The van der Waals surface area contributed by atoms with Gasteiger partial charge in [-0.25, -0.2) is 4.98 Å². The largest absolute Gasteiger partial charge is 0.387 e. The number of aryl methyl sites for hydroxylation is 2. The molecule has 0 aliphatic rings. The summed E-state index contributed by atoms with van der Waals surface area (Å²) in [5.41, 5.74) is 7.48. The fraction of sp³-hybridized carbons (Fsp3) is 0.357. The Morgan fingerprint density at radius 2 is 2.05 bits per heavy atom. The van der Waals surface area contributed by atoms with E-state index in [1.54, 1.807) is 12.1 Å². The van der Waals surface area contributed by atoms with Crippen molar-refractivity contribution in [2.45, 2.75) is 25.9 Å². The van der Waals surface area contributed by atoms with Gasteiger partial charge >= 0.3 is 0 Å². The van der Waals surface area contributed by atoms with E-state index >= 15 is 0 Å². The van der Waals surface area contributed by atoms with Crippen LogP contribution in [0.5, 0.6) is 0 Å². The molecule has 0 bridgehead atoms. The summed E-state index contributed by atoms with van der Waals surface area (Å²) in [6.07, 6.45) is -0.718. The second-order valence-electron chi connectivity index (χ2n) is 4.64. The summed E-state index contributed by atoms with van der Waals surface area (Å²) >= 11 is 13.6. The molecule has 1 heterocycles. The van der Waals surface area contributed by atoms with Crippen LogP contribution >= 0.6 is 34.5 Å². The Morgan fingerprint density at radius 3 is 2.55 bits per heavy atom. The maximum absolute atomic E-state index is 10.6. The van der Waals surface area contributed by atoms with Crippen LogP contribution in [0.15, 0.2) is 18.2 Å². The topological polar surface area (TPSA) is 59.1 Å². The van der Waals surface area contributed by atoms with Crippen molar-refractivity contribution in [1.29, 1.82) is 0 Å². The lowest BCUT2D eigenvalue weighted by Crippen LogP contribution is -2.20. The number of thiazole rings is 1. The van der Waals surface area contributed by atoms with Crippen molar-refractivity contribution < 1.29 is 5.11 Å². The number of aromatic nitrogens is 1. The van der Waals surface area contributed by atoms with Gasteiger partial charge in [0, 0.05) is 22.5 Å². The molecule has 2 atom stereocenters. The summed E-state index contributed by atoms with van der Waals surface area (Å²) in [4.78, 5) is 5.18.